The molecule has 174 valence electrons. The number of guanidine groups is 1. The van der Waals surface area contributed by atoms with Gasteiger partial charge >= 0.3 is 0 Å². The van der Waals surface area contributed by atoms with Gasteiger partial charge in [-0.3, -0.25) is 9.59 Å². The van der Waals surface area contributed by atoms with Crippen LogP contribution in [-0.4, -0.2) is 64.1 Å². The second-order valence-corrected chi connectivity index (χ2v) is 7.26. The number of H-pyrrole nitrogens is 1. The Kier molecular flexibility index (Phi) is 7.41. The highest BCUT2D eigenvalue weighted by atomic mass is 19.1. The van der Waals surface area contributed by atoms with Gasteiger partial charge in [0.25, 0.3) is 0 Å². The number of nitrogens with two attached hydrogens (primary N) is 3. The Bertz CT molecular complexity index is 1140. The first kappa shape index (κ1) is 23.5. The summed E-state index contributed by atoms with van der Waals surface area (Å²) < 4.78 is 13.3. The molecule has 1 amide bonds. The smallest absolute Gasteiger partial charge is 0.237 e. The minimum absolute atomic E-state index is 0.189. The molecule has 0 atom stereocenters. The van der Waals surface area contributed by atoms with Crippen molar-refractivity contribution in [1.82, 2.24) is 19.8 Å². The summed E-state index contributed by atoms with van der Waals surface area (Å²) in [4.78, 5) is 31.9. The lowest BCUT2D eigenvalue weighted by Crippen LogP contribution is -2.55. The molecule has 0 aliphatic carbocycles. The summed E-state index contributed by atoms with van der Waals surface area (Å²) in [6.45, 7) is 3.99. The number of hydrogen-bond donors (Lipinski definition) is 4. The number of hydrogen-bond acceptors (Lipinski definition) is 7. The molecule has 3 heterocycles. The molecule has 33 heavy (non-hydrogen) atoms. The third kappa shape index (κ3) is 5.18. The highest BCUT2D eigenvalue weighted by Gasteiger charge is 2.22. The second kappa shape index (κ2) is 10.4. The molecule has 1 fully saturated rings. The first-order valence-corrected chi connectivity index (χ1v) is 10.1. The van der Waals surface area contributed by atoms with Gasteiger partial charge in [-0.05, 0) is 19.1 Å². The monoisotopic (exact) mass is 455 g/mol. The van der Waals surface area contributed by atoms with Crippen LogP contribution in [-0.2, 0) is 4.79 Å². The van der Waals surface area contributed by atoms with Gasteiger partial charge in [-0.15, -0.1) is 5.10 Å². The molecule has 3 aromatic rings. The van der Waals surface area contributed by atoms with E-state index in [1.165, 1.54) is 18.1 Å². The number of piperazine rings is 1. The normalized spacial score (nSPS) is 14.0. The molecule has 1 saturated heterocycles. The molecule has 0 spiro atoms. The molecule has 0 bridgehead atoms. The number of anilines is 2. The van der Waals surface area contributed by atoms with Gasteiger partial charge in [0.1, 0.15) is 5.82 Å². The van der Waals surface area contributed by atoms with Gasteiger partial charge in [0, 0.05) is 37.9 Å². The number of carbonyl (C=O) groups excluding carboxylic acids is 2. The van der Waals surface area contributed by atoms with E-state index in [0.717, 1.165) is 18.3 Å². The first-order chi connectivity index (χ1) is 15.9. The Morgan fingerprint density at radius 3 is 2.48 bits per heavy atom. The first-order valence-electron chi connectivity index (χ1n) is 10.1. The summed E-state index contributed by atoms with van der Waals surface area (Å²) >= 11 is 0. The minimum Gasteiger partial charge on any atom is -0.382 e. The fourth-order valence-corrected chi connectivity index (χ4v) is 3.43. The van der Waals surface area contributed by atoms with Crippen LogP contribution in [0.1, 0.15) is 17.3 Å². The third-order valence-electron chi connectivity index (χ3n) is 5.18. The number of rotatable bonds is 3. The lowest BCUT2D eigenvalue weighted by molar-refractivity contribution is -0.119. The maximum absolute atomic E-state index is 13.3. The quantitative estimate of drug-likeness (QED) is 0.113. The zero-order valence-corrected chi connectivity index (χ0v) is 18.1. The summed E-state index contributed by atoms with van der Waals surface area (Å²) in [5.41, 5.74) is 7.00. The number of hydrazine groups is 1. The highest BCUT2D eigenvalue weighted by molar-refractivity contribution is 6.08. The van der Waals surface area contributed by atoms with E-state index < -0.39 is 5.82 Å². The molecule has 0 unspecified atom stereocenters. The fourth-order valence-electron chi connectivity index (χ4n) is 3.43. The van der Waals surface area contributed by atoms with E-state index in [1.54, 1.807) is 4.90 Å². The van der Waals surface area contributed by atoms with Crippen LogP contribution in [0.5, 0.6) is 0 Å². The Labute approximate surface area is 189 Å². The summed E-state index contributed by atoms with van der Waals surface area (Å²) in [6.07, 6.45) is 3.31. The predicted molar refractivity (Wildman–Crippen MR) is 124 cm³/mol. The molecule has 4 rings (SSSR count). The molecule has 7 N–H and O–H groups in total. The van der Waals surface area contributed by atoms with Crippen LogP contribution < -0.4 is 22.4 Å². The van der Waals surface area contributed by atoms with Crippen LogP contribution in [0.2, 0.25) is 0 Å². The van der Waals surface area contributed by atoms with Crippen molar-refractivity contribution < 1.29 is 14.0 Å². The SMILES string of the molecule is CC(=O)c1c[nH]c2c(N)ncc(F)c12.N/N=C(/N1CCN(C=O)CC1)N(N)c1ccccc1. The molecular weight excluding hydrogens is 429 g/mol. The lowest BCUT2D eigenvalue weighted by Gasteiger charge is -2.36. The summed E-state index contributed by atoms with van der Waals surface area (Å²) in [5.74, 6) is 11.4. The number of nitrogens with one attached hydrogen (secondary N) is 1. The van der Waals surface area contributed by atoms with Gasteiger partial charge in [-0.2, -0.15) is 0 Å². The zero-order valence-electron chi connectivity index (χ0n) is 18.1. The van der Waals surface area contributed by atoms with Crippen molar-refractivity contribution in [3.05, 3.63) is 54.1 Å². The largest absolute Gasteiger partial charge is 0.382 e. The van der Waals surface area contributed by atoms with E-state index >= 15 is 0 Å². The number of hydrazone groups is 1. The Hall–Kier alpha value is -4.19. The standard InChI is InChI=1S/C12H18N6O.C9H8FN3O/c13-15-12(17-8-6-16(10-19)7-9-17)18(14)11-4-2-1-3-5-11;1-4(14)5-2-12-8-7(5)6(10)3-13-9(8)11/h1-5,10H,6-9,13-14H2;2-3,12H,1H3,(H2,11,13)/b15-12-;. The van der Waals surface area contributed by atoms with Gasteiger partial charge in [-0.1, -0.05) is 18.2 Å². The van der Waals surface area contributed by atoms with Crippen LogP contribution in [0.4, 0.5) is 15.9 Å². The summed E-state index contributed by atoms with van der Waals surface area (Å²) in [5, 5.41) is 5.44. The number of aromatic amines is 1. The number of halogens is 1. The number of benzene rings is 1. The van der Waals surface area contributed by atoms with Gasteiger partial charge in [-0.25, -0.2) is 20.2 Å². The number of aromatic nitrogens is 2. The van der Waals surface area contributed by atoms with Gasteiger partial charge in [0.2, 0.25) is 12.4 Å². The third-order valence-corrected chi connectivity index (χ3v) is 5.18. The highest BCUT2D eigenvalue weighted by Crippen LogP contribution is 2.24. The molecule has 2 aromatic heterocycles. The molecular formula is C21H26FN9O2. The van der Waals surface area contributed by atoms with Crippen LogP contribution in [0.25, 0.3) is 10.9 Å². The van der Waals surface area contributed by atoms with Gasteiger partial charge < -0.3 is 26.4 Å². The van der Waals surface area contributed by atoms with Gasteiger partial charge in [0.05, 0.1) is 22.8 Å². The molecule has 12 heteroatoms. The van der Waals surface area contributed by atoms with E-state index in [0.29, 0.717) is 43.2 Å². The van der Waals surface area contributed by atoms with E-state index in [-0.39, 0.29) is 17.0 Å². The topological polar surface area (TPSA) is 163 Å². The Balaban J connectivity index is 0.000000194. The zero-order chi connectivity index (χ0) is 24.0. The molecule has 1 aromatic carbocycles. The number of ketones is 1. The number of Topliss-reactive ketones (excluding diaryl/α,β-unsaturated/α-hetero) is 1. The maximum atomic E-state index is 13.3. The van der Waals surface area contributed by atoms with Crippen molar-refractivity contribution in [2.45, 2.75) is 6.92 Å². The number of amides is 1. The number of nitrogens with zero attached hydrogens (tertiary/aromatic N) is 5. The van der Waals surface area contributed by atoms with Crippen LogP contribution in [0, 0.1) is 5.82 Å². The molecule has 0 radical (unpaired) electrons. The average Bonchev–Trinajstić information content (AvgIpc) is 3.30. The fraction of sp³-hybridized carbons (Fsp3) is 0.238. The predicted octanol–water partition coefficient (Wildman–Crippen LogP) is 0.857. The average molecular weight is 455 g/mol. The summed E-state index contributed by atoms with van der Waals surface area (Å²) in [6, 6.07) is 9.47. The van der Waals surface area contributed by atoms with Crippen molar-refractivity contribution in [3.8, 4) is 0 Å². The molecule has 1 aliphatic rings. The van der Waals surface area contributed by atoms with Crippen LogP contribution in [0.15, 0.2) is 47.8 Å². The van der Waals surface area contributed by atoms with Gasteiger partial charge in [0.15, 0.2) is 11.6 Å². The van der Waals surface area contributed by atoms with Crippen molar-refractivity contribution in [2.75, 3.05) is 36.9 Å². The van der Waals surface area contributed by atoms with Crippen molar-refractivity contribution in [2.24, 2.45) is 16.8 Å². The molecule has 0 saturated carbocycles. The maximum Gasteiger partial charge on any atom is 0.237 e. The minimum atomic E-state index is -0.541. The van der Waals surface area contributed by atoms with Crippen LogP contribution >= 0.6 is 0 Å². The Morgan fingerprint density at radius 1 is 1.24 bits per heavy atom. The Morgan fingerprint density at radius 2 is 1.91 bits per heavy atom. The van der Waals surface area contributed by atoms with Crippen molar-refractivity contribution >= 4 is 40.6 Å². The number of fused-ring (bicyclic) bond motifs is 1. The van der Waals surface area contributed by atoms with Crippen molar-refractivity contribution in [1.29, 1.82) is 0 Å². The molecule has 1 aliphatic heterocycles. The van der Waals surface area contributed by atoms with E-state index in [9.17, 15) is 14.0 Å². The van der Waals surface area contributed by atoms with Crippen molar-refractivity contribution in [3.63, 3.8) is 0 Å². The van der Waals surface area contributed by atoms with E-state index in [4.69, 9.17) is 17.4 Å². The second-order valence-electron chi connectivity index (χ2n) is 7.26. The number of para-hydroxylation sites is 1. The van der Waals surface area contributed by atoms with E-state index in [2.05, 4.69) is 15.1 Å². The van der Waals surface area contributed by atoms with Crippen LogP contribution in [0.3, 0.4) is 0 Å². The molecule has 11 nitrogen and oxygen atoms in total. The number of carbonyl (C=O) groups is 2. The van der Waals surface area contributed by atoms with E-state index in [1.807, 2.05) is 35.2 Å². The number of pyridine rings is 1. The number of nitrogen functional groups attached to an aromatic ring is 1. The lowest BCUT2D eigenvalue weighted by atomic mass is 10.1. The summed E-state index contributed by atoms with van der Waals surface area (Å²) in [7, 11) is 0.